The summed E-state index contributed by atoms with van der Waals surface area (Å²) in [5, 5.41) is 2.72. The summed E-state index contributed by atoms with van der Waals surface area (Å²) in [5.74, 6) is -0.375. The van der Waals surface area contributed by atoms with Crippen molar-refractivity contribution in [2.24, 2.45) is 0 Å². The Bertz CT molecular complexity index is 636. The van der Waals surface area contributed by atoms with Crippen molar-refractivity contribution in [3.05, 3.63) is 28.2 Å². The zero-order chi connectivity index (χ0) is 16.4. The highest BCUT2D eigenvalue weighted by atomic mass is 79.9. The first kappa shape index (κ1) is 18.1. The molecule has 1 aromatic carbocycles. The van der Waals surface area contributed by atoms with Crippen molar-refractivity contribution in [1.82, 2.24) is 4.31 Å². The fourth-order valence-electron chi connectivity index (χ4n) is 1.89. The van der Waals surface area contributed by atoms with Crippen molar-refractivity contribution in [2.45, 2.75) is 33.2 Å². The summed E-state index contributed by atoms with van der Waals surface area (Å²) in [6, 6.07) is 5.53. The molecule has 1 aromatic rings. The van der Waals surface area contributed by atoms with Crippen LogP contribution < -0.4 is 5.32 Å². The van der Waals surface area contributed by atoms with E-state index in [9.17, 15) is 13.2 Å². The summed E-state index contributed by atoms with van der Waals surface area (Å²) >= 11 is 3.37. The Balaban J connectivity index is 2.89. The predicted molar refractivity (Wildman–Crippen MR) is 88.8 cm³/mol. The number of amides is 1. The van der Waals surface area contributed by atoms with Gasteiger partial charge in [-0.1, -0.05) is 6.07 Å². The molecular formula is C14H21BrN2O3S. The van der Waals surface area contributed by atoms with E-state index in [-0.39, 0.29) is 12.5 Å². The molecule has 0 fully saturated rings. The van der Waals surface area contributed by atoms with Crippen molar-refractivity contribution in [3.8, 4) is 0 Å². The first-order valence-corrected chi connectivity index (χ1v) is 9.09. The SMILES string of the molecule is Cc1ccc(NC(=O)CN(C(C)(C)C)S(C)(=O)=O)c(Br)c1. The van der Waals surface area contributed by atoms with E-state index in [0.717, 1.165) is 16.3 Å². The highest BCUT2D eigenvalue weighted by Gasteiger charge is 2.31. The van der Waals surface area contributed by atoms with E-state index in [1.165, 1.54) is 4.31 Å². The van der Waals surface area contributed by atoms with E-state index < -0.39 is 15.6 Å². The normalized spacial score (nSPS) is 12.5. The number of nitrogens with one attached hydrogen (secondary N) is 1. The Hall–Kier alpha value is -0.920. The quantitative estimate of drug-likeness (QED) is 0.878. The predicted octanol–water partition coefficient (Wildman–Crippen LogP) is 2.76. The molecule has 0 aliphatic carbocycles. The fourth-order valence-corrected chi connectivity index (χ4v) is 3.83. The summed E-state index contributed by atoms with van der Waals surface area (Å²) in [5.41, 5.74) is 1.02. The van der Waals surface area contributed by atoms with Gasteiger partial charge < -0.3 is 5.32 Å². The molecule has 5 nitrogen and oxygen atoms in total. The van der Waals surface area contributed by atoms with Crippen molar-refractivity contribution < 1.29 is 13.2 Å². The Labute approximate surface area is 134 Å². The minimum Gasteiger partial charge on any atom is -0.324 e. The third kappa shape index (κ3) is 5.41. The molecule has 0 radical (unpaired) electrons. The molecule has 1 N–H and O–H groups in total. The summed E-state index contributed by atoms with van der Waals surface area (Å²) in [6.07, 6.45) is 1.10. The van der Waals surface area contributed by atoms with Gasteiger partial charge in [0.05, 0.1) is 18.5 Å². The maximum atomic E-state index is 12.1. The van der Waals surface area contributed by atoms with Gasteiger partial charge in [0.15, 0.2) is 0 Å². The van der Waals surface area contributed by atoms with Crippen molar-refractivity contribution in [3.63, 3.8) is 0 Å². The fraction of sp³-hybridized carbons (Fsp3) is 0.500. The van der Waals surface area contributed by atoms with Gasteiger partial charge in [0.2, 0.25) is 15.9 Å². The maximum Gasteiger partial charge on any atom is 0.239 e. The first-order chi connectivity index (χ1) is 9.41. The number of nitrogens with zero attached hydrogens (tertiary/aromatic N) is 1. The Kier molecular flexibility index (Phi) is 5.57. The molecule has 0 bridgehead atoms. The van der Waals surface area contributed by atoms with Crippen LogP contribution in [0.5, 0.6) is 0 Å². The summed E-state index contributed by atoms with van der Waals surface area (Å²) in [6.45, 7) is 6.99. The van der Waals surface area contributed by atoms with Gasteiger partial charge in [0.25, 0.3) is 0 Å². The minimum atomic E-state index is -3.47. The van der Waals surface area contributed by atoms with Crippen LogP contribution in [0.15, 0.2) is 22.7 Å². The van der Waals surface area contributed by atoms with Gasteiger partial charge in [-0.05, 0) is 61.3 Å². The molecule has 0 aliphatic rings. The van der Waals surface area contributed by atoms with E-state index in [2.05, 4.69) is 21.2 Å². The van der Waals surface area contributed by atoms with E-state index >= 15 is 0 Å². The average molecular weight is 377 g/mol. The molecule has 0 unspecified atom stereocenters. The van der Waals surface area contributed by atoms with Crippen LogP contribution in [0.25, 0.3) is 0 Å². The Morgan fingerprint density at radius 3 is 2.33 bits per heavy atom. The lowest BCUT2D eigenvalue weighted by Crippen LogP contribution is -2.48. The molecule has 7 heteroatoms. The Morgan fingerprint density at radius 2 is 1.90 bits per heavy atom. The van der Waals surface area contributed by atoms with Gasteiger partial charge in [0.1, 0.15) is 0 Å². The second-order valence-electron chi connectivity index (χ2n) is 5.97. The summed E-state index contributed by atoms with van der Waals surface area (Å²) in [7, 11) is -3.47. The topological polar surface area (TPSA) is 66.5 Å². The summed E-state index contributed by atoms with van der Waals surface area (Å²) in [4.78, 5) is 12.1. The third-order valence-electron chi connectivity index (χ3n) is 2.83. The number of aryl methyl sites for hydroxylation is 1. The smallest absolute Gasteiger partial charge is 0.239 e. The lowest BCUT2D eigenvalue weighted by atomic mass is 10.1. The van der Waals surface area contributed by atoms with Crippen LogP contribution >= 0.6 is 15.9 Å². The van der Waals surface area contributed by atoms with E-state index in [1.807, 2.05) is 19.1 Å². The number of carbonyl (C=O) groups is 1. The number of hydrogen-bond donors (Lipinski definition) is 1. The van der Waals surface area contributed by atoms with E-state index in [1.54, 1.807) is 26.8 Å². The molecule has 21 heavy (non-hydrogen) atoms. The van der Waals surface area contributed by atoms with Gasteiger partial charge in [-0.25, -0.2) is 8.42 Å². The largest absolute Gasteiger partial charge is 0.324 e. The number of rotatable bonds is 4. The molecule has 0 aliphatic heterocycles. The molecule has 118 valence electrons. The van der Waals surface area contributed by atoms with Gasteiger partial charge >= 0.3 is 0 Å². The molecular weight excluding hydrogens is 356 g/mol. The van der Waals surface area contributed by atoms with Crippen LogP contribution in [0.1, 0.15) is 26.3 Å². The van der Waals surface area contributed by atoms with Gasteiger partial charge in [-0.3, -0.25) is 4.79 Å². The maximum absolute atomic E-state index is 12.1. The minimum absolute atomic E-state index is 0.220. The number of benzene rings is 1. The molecule has 0 spiro atoms. The molecule has 0 saturated carbocycles. The van der Waals surface area contributed by atoms with Gasteiger partial charge in [-0.15, -0.1) is 0 Å². The third-order valence-corrected chi connectivity index (χ3v) is 4.97. The molecule has 0 atom stereocenters. The van der Waals surface area contributed by atoms with Gasteiger partial charge in [0, 0.05) is 10.0 Å². The first-order valence-electron chi connectivity index (χ1n) is 6.45. The molecule has 1 amide bonds. The van der Waals surface area contributed by atoms with Crippen LogP contribution in [-0.4, -0.2) is 37.0 Å². The molecule has 1 rings (SSSR count). The molecule has 0 aromatic heterocycles. The second kappa shape index (κ2) is 6.46. The van der Waals surface area contributed by atoms with E-state index in [0.29, 0.717) is 5.69 Å². The number of halogens is 1. The monoisotopic (exact) mass is 376 g/mol. The van der Waals surface area contributed by atoms with Crippen LogP contribution in [0.4, 0.5) is 5.69 Å². The average Bonchev–Trinajstić information content (AvgIpc) is 2.27. The molecule has 0 heterocycles. The zero-order valence-electron chi connectivity index (χ0n) is 12.9. The Morgan fingerprint density at radius 1 is 1.33 bits per heavy atom. The van der Waals surface area contributed by atoms with Crippen LogP contribution in [0, 0.1) is 6.92 Å². The lowest BCUT2D eigenvalue weighted by molar-refractivity contribution is -0.117. The number of carbonyl (C=O) groups excluding carboxylic acids is 1. The number of hydrogen-bond acceptors (Lipinski definition) is 3. The van der Waals surface area contributed by atoms with Crippen LogP contribution in [-0.2, 0) is 14.8 Å². The van der Waals surface area contributed by atoms with Crippen LogP contribution in [0.3, 0.4) is 0 Å². The second-order valence-corrected chi connectivity index (χ2v) is 8.73. The van der Waals surface area contributed by atoms with Crippen LogP contribution in [0.2, 0.25) is 0 Å². The zero-order valence-corrected chi connectivity index (χ0v) is 15.3. The number of anilines is 1. The molecule has 0 saturated heterocycles. The summed E-state index contributed by atoms with van der Waals surface area (Å²) < 4.78 is 25.6. The number of sulfonamides is 1. The highest BCUT2D eigenvalue weighted by Crippen LogP contribution is 2.24. The van der Waals surface area contributed by atoms with Gasteiger partial charge in [-0.2, -0.15) is 4.31 Å². The lowest BCUT2D eigenvalue weighted by Gasteiger charge is -2.32. The van der Waals surface area contributed by atoms with E-state index in [4.69, 9.17) is 0 Å². The van der Waals surface area contributed by atoms with Crippen molar-refractivity contribution >= 4 is 37.5 Å². The highest BCUT2D eigenvalue weighted by molar-refractivity contribution is 9.10. The van der Waals surface area contributed by atoms with Crippen molar-refractivity contribution in [2.75, 3.05) is 18.1 Å². The standard InChI is InChI=1S/C14H21BrN2O3S/c1-10-6-7-12(11(15)8-10)16-13(18)9-17(14(2,3)4)21(5,19)20/h6-8H,9H2,1-5H3,(H,16,18). The van der Waals surface area contributed by atoms with Crippen molar-refractivity contribution in [1.29, 1.82) is 0 Å².